The Bertz CT molecular complexity index is 587. The van der Waals surface area contributed by atoms with Crippen LogP contribution < -0.4 is 11.3 Å². The number of rotatable bonds is 3. The lowest BCUT2D eigenvalue weighted by Crippen LogP contribution is -2.19. The van der Waals surface area contributed by atoms with Gasteiger partial charge in [-0.15, -0.1) is 11.3 Å². The van der Waals surface area contributed by atoms with Gasteiger partial charge in [-0.25, -0.2) is 9.97 Å². The van der Waals surface area contributed by atoms with Crippen molar-refractivity contribution in [1.29, 1.82) is 0 Å². The highest BCUT2D eigenvalue weighted by Gasteiger charge is 2.08. The molecule has 6 heteroatoms. The van der Waals surface area contributed by atoms with Gasteiger partial charge in [0.05, 0.1) is 16.3 Å². The van der Waals surface area contributed by atoms with E-state index in [9.17, 15) is 4.79 Å². The van der Waals surface area contributed by atoms with E-state index in [0.717, 1.165) is 10.7 Å². The molecule has 0 saturated carbocycles. The smallest absolute Gasteiger partial charge is 0.256 e. The number of aromatic nitrogens is 3. The van der Waals surface area contributed by atoms with Gasteiger partial charge in [-0.05, 0) is 13.3 Å². The van der Waals surface area contributed by atoms with Gasteiger partial charge in [0.15, 0.2) is 0 Å². The minimum Gasteiger partial charge on any atom is -0.383 e. The van der Waals surface area contributed by atoms with Crippen molar-refractivity contribution in [3.8, 4) is 0 Å². The molecule has 0 bridgehead atoms. The highest BCUT2D eigenvalue weighted by atomic mass is 32.1. The van der Waals surface area contributed by atoms with Gasteiger partial charge in [-0.1, -0.05) is 6.92 Å². The first-order valence-electron chi connectivity index (χ1n) is 5.38. The predicted octanol–water partition coefficient (Wildman–Crippen LogP) is 1.27. The Labute approximate surface area is 103 Å². The molecule has 0 amide bonds. The molecule has 0 aliphatic heterocycles. The van der Waals surface area contributed by atoms with Crippen LogP contribution in [0.5, 0.6) is 0 Å². The first kappa shape index (κ1) is 11.8. The molecule has 5 nitrogen and oxygen atoms in total. The summed E-state index contributed by atoms with van der Waals surface area (Å²) in [5, 5.41) is 2.96. The maximum absolute atomic E-state index is 11.7. The Morgan fingerprint density at radius 3 is 2.76 bits per heavy atom. The van der Waals surface area contributed by atoms with Gasteiger partial charge in [0, 0.05) is 11.8 Å². The molecule has 0 aliphatic rings. The minimum atomic E-state index is -0.151. The largest absolute Gasteiger partial charge is 0.383 e. The van der Waals surface area contributed by atoms with Gasteiger partial charge < -0.3 is 10.7 Å². The van der Waals surface area contributed by atoms with Crippen molar-refractivity contribution in [3.05, 3.63) is 37.8 Å². The average Bonchev–Trinajstić information content (AvgIpc) is 2.63. The second-order valence-electron chi connectivity index (χ2n) is 3.76. The molecular weight excluding hydrogens is 236 g/mol. The van der Waals surface area contributed by atoms with E-state index in [1.807, 2.05) is 19.2 Å². The molecule has 0 spiro atoms. The molecule has 2 aromatic heterocycles. The predicted molar refractivity (Wildman–Crippen MR) is 68.3 cm³/mol. The SMILES string of the molecule is CCc1c(N)nc(Cc2csc(C)n2)[nH]c1=O. The van der Waals surface area contributed by atoms with Crippen molar-refractivity contribution in [2.45, 2.75) is 26.7 Å². The third-order valence-electron chi connectivity index (χ3n) is 2.47. The van der Waals surface area contributed by atoms with Crippen LogP contribution in [0.25, 0.3) is 0 Å². The normalized spacial score (nSPS) is 10.7. The lowest BCUT2D eigenvalue weighted by atomic mass is 10.2. The molecule has 0 aliphatic carbocycles. The summed E-state index contributed by atoms with van der Waals surface area (Å²) < 4.78 is 0. The number of nitrogens with zero attached hydrogens (tertiary/aromatic N) is 2. The van der Waals surface area contributed by atoms with Crippen LogP contribution in [-0.4, -0.2) is 15.0 Å². The molecule has 17 heavy (non-hydrogen) atoms. The molecule has 2 aromatic rings. The van der Waals surface area contributed by atoms with Crippen molar-refractivity contribution in [2.75, 3.05) is 5.73 Å². The van der Waals surface area contributed by atoms with Crippen LogP contribution in [0.2, 0.25) is 0 Å². The monoisotopic (exact) mass is 250 g/mol. The van der Waals surface area contributed by atoms with Crippen molar-refractivity contribution in [2.24, 2.45) is 0 Å². The number of aromatic amines is 1. The van der Waals surface area contributed by atoms with Crippen molar-refractivity contribution in [1.82, 2.24) is 15.0 Å². The van der Waals surface area contributed by atoms with Gasteiger partial charge >= 0.3 is 0 Å². The summed E-state index contributed by atoms with van der Waals surface area (Å²) >= 11 is 1.58. The van der Waals surface area contributed by atoms with E-state index >= 15 is 0 Å². The number of hydrogen-bond acceptors (Lipinski definition) is 5. The average molecular weight is 250 g/mol. The molecule has 0 fully saturated rings. The van der Waals surface area contributed by atoms with Crippen molar-refractivity contribution in [3.63, 3.8) is 0 Å². The highest BCUT2D eigenvalue weighted by molar-refractivity contribution is 7.09. The lowest BCUT2D eigenvalue weighted by molar-refractivity contribution is 0.900. The minimum absolute atomic E-state index is 0.151. The second kappa shape index (κ2) is 4.67. The zero-order chi connectivity index (χ0) is 12.4. The number of anilines is 1. The Morgan fingerprint density at radius 1 is 1.47 bits per heavy atom. The van der Waals surface area contributed by atoms with E-state index in [-0.39, 0.29) is 5.56 Å². The van der Waals surface area contributed by atoms with Gasteiger partial charge in [0.1, 0.15) is 11.6 Å². The summed E-state index contributed by atoms with van der Waals surface area (Å²) in [6, 6.07) is 0. The fourth-order valence-corrected chi connectivity index (χ4v) is 2.26. The summed E-state index contributed by atoms with van der Waals surface area (Å²) in [5.74, 6) is 0.883. The molecule has 2 rings (SSSR count). The molecule has 0 aromatic carbocycles. The molecule has 90 valence electrons. The van der Waals surface area contributed by atoms with E-state index in [1.54, 1.807) is 11.3 Å². The van der Waals surface area contributed by atoms with Crippen LogP contribution in [0.3, 0.4) is 0 Å². The van der Waals surface area contributed by atoms with Gasteiger partial charge in [-0.3, -0.25) is 4.79 Å². The zero-order valence-electron chi connectivity index (χ0n) is 9.78. The van der Waals surface area contributed by atoms with Crippen LogP contribution in [-0.2, 0) is 12.8 Å². The topological polar surface area (TPSA) is 84.7 Å². The van der Waals surface area contributed by atoms with Crippen molar-refractivity contribution < 1.29 is 0 Å². The maximum Gasteiger partial charge on any atom is 0.256 e. The van der Waals surface area contributed by atoms with E-state index in [1.165, 1.54) is 0 Å². The third kappa shape index (κ3) is 2.52. The standard InChI is InChI=1S/C11H14N4OS/c1-3-8-10(12)14-9(15-11(8)16)4-7-5-17-6(2)13-7/h5H,3-4H2,1-2H3,(H3,12,14,15,16). The summed E-state index contributed by atoms with van der Waals surface area (Å²) in [7, 11) is 0. The molecular formula is C11H14N4OS. The third-order valence-corrected chi connectivity index (χ3v) is 3.29. The number of hydrogen-bond donors (Lipinski definition) is 2. The molecule has 0 unspecified atom stereocenters. The first-order valence-corrected chi connectivity index (χ1v) is 6.26. The number of aryl methyl sites for hydroxylation is 1. The summed E-state index contributed by atoms with van der Waals surface area (Å²) in [6.45, 7) is 3.82. The highest BCUT2D eigenvalue weighted by Crippen LogP contribution is 2.11. The molecule has 3 N–H and O–H groups in total. The Hall–Kier alpha value is -1.69. The number of nitrogens with one attached hydrogen (secondary N) is 1. The fourth-order valence-electron chi connectivity index (χ4n) is 1.65. The Kier molecular flexibility index (Phi) is 3.23. The van der Waals surface area contributed by atoms with E-state index in [4.69, 9.17) is 5.73 Å². The Morgan fingerprint density at radius 2 is 2.24 bits per heavy atom. The van der Waals surface area contributed by atoms with E-state index in [2.05, 4.69) is 15.0 Å². The number of H-pyrrole nitrogens is 1. The number of thiazole rings is 1. The summed E-state index contributed by atoms with van der Waals surface area (Å²) in [4.78, 5) is 23.0. The molecule has 0 radical (unpaired) electrons. The van der Waals surface area contributed by atoms with Gasteiger partial charge in [0.25, 0.3) is 5.56 Å². The lowest BCUT2D eigenvalue weighted by Gasteiger charge is -2.03. The van der Waals surface area contributed by atoms with E-state index in [0.29, 0.717) is 30.0 Å². The summed E-state index contributed by atoms with van der Waals surface area (Å²) in [6.07, 6.45) is 1.10. The van der Waals surface area contributed by atoms with Crippen LogP contribution in [0.1, 0.15) is 29.0 Å². The number of nitrogen functional groups attached to an aromatic ring is 1. The van der Waals surface area contributed by atoms with Crippen LogP contribution >= 0.6 is 11.3 Å². The first-order chi connectivity index (χ1) is 8.10. The Balaban J connectivity index is 2.32. The van der Waals surface area contributed by atoms with E-state index < -0.39 is 0 Å². The molecule has 2 heterocycles. The van der Waals surface area contributed by atoms with Gasteiger partial charge in [0.2, 0.25) is 0 Å². The molecule has 0 atom stereocenters. The number of nitrogens with two attached hydrogens (primary N) is 1. The van der Waals surface area contributed by atoms with Crippen LogP contribution in [0, 0.1) is 6.92 Å². The van der Waals surface area contributed by atoms with Crippen LogP contribution in [0.4, 0.5) is 5.82 Å². The van der Waals surface area contributed by atoms with Crippen molar-refractivity contribution >= 4 is 17.2 Å². The van der Waals surface area contributed by atoms with Crippen LogP contribution in [0.15, 0.2) is 10.2 Å². The molecule has 0 saturated heterocycles. The summed E-state index contributed by atoms with van der Waals surface area (Å²) in [5.41, 5.74) is 7.04. The second-order valence-corrected chi connectivity index (χ2v) is 4.83. The quantitative estimate of drug-likeness (QED) is 0.859. The fraction of sp³-hybridized carbons (Fsp3) is 0.364. The maximum atomic E-state index is 11.7. The van der Waals surface area contributed by atoms with Gasteiger partial charge in [-0.2, -0.15) is 0 Å². The zero-order valence-corrected chi connectivity index (χ0v) is 10.6.